The van der Waals surface area contributed by atoms with Crippen LogP contribution in [0, 0.1) is 0 Å². The molecule has 0 unspecified atom stereocenters. The van der Waals surface area contributed by atoms with Gasteiger partial charge in [-0.3, -0.25) is 4.79 Å². The number of nitrogens with one attached hydrogen (secondary N) is 1. The molecule has 1 aromatic carbocycles. The molecule has 1 fully saturated rings. The molecule has 2 aromatic rings. The number of rotatable bonds is 6. The van der Waals surface area contributed by atoms with Crippen LogP contribution in [0.3, 0.4) is 0 Å². The monoisotopic (exact) mass is 259 g/mol. The normalized spacial score (nSPS) is 14.9. The number of carbonyl (C=O) groups is 1. The van der Waals surface area contributed by atoms with Crippen LogP contribution in [-0.2, 0) is 11.3 Å². The smallest absolute Gasteiger partial charge is 0.304 e. The van der Waals surface area contributed by atoms with E-state index in [0.717, 1.165) is 11.1 Å². The van der Waals surface area contributed by atoms with Crippen molar-refractivity contribution in [1.82, 2.24) is 14.9 Å². The lowest BCUT2D eigenvalue weighted by Gasteiger charge is -2.04. The van der Waals surface area contributed by atoms with Gasteiger partial charge in [0.25, 0.3) is 0 Å². The summed E-state index contributed by atoms with van der Waals surface area (Å²) >= 11 is 0. The maximum absolute atomic E-state index is 10.4. The summed E-state index contributed by atoms with van der Waals surface area (Å²) in [6.07, 6.45) is 4.58. The first-order valence-corrected chi connectivity index (χ1v) is 6.62. The molecule has 19 heavy (non-hydrogen) atoms. The average Bonchev–Trinajstić information content (AvgIpc) is 3.15. The quantitative estimate of drug-likeness (QED) is 0.778. The van der Waals surface area contributed by atoms with Crippen molar-refractivity contribution in [3.63, 3.8) is 0 Å². The maximum Gasteiger partial charge on any atom is 0.304 e. The van der Waals surface area contributed by atoms with Gasteiger partial charge in [-0.2, -0.15) is 0 Å². The predicted molar refractivity (Wildman–Crippen MR) is 72.0 cm³/mol. The summed E-state index contributed by atoms with van der Waals surface area (Å²) in [5.41, 5.74) is 3.35. The molecule has 1 aliphatic carbocycles. The first-order valence-electron chi connectivity index (χ1n) is 6.62. The van der Waals surface area contributed by atoms with Crippen molar-refractivity contribution >= 4 is 17.0 Å². The van der Waals surface area contributed by atoms with E-state index in [1.165, 1.54) is 18.4 Å². The van der Waals surface area contributed by atoms with Crippen molar-refractivity contribution in [3.8, 4) is 0 Å². The molecule has 1 saturated carbocycles. The Labute approximate surface area is 111 Å². The Bertz CT molecular complexity index is 602. The van der Waals surface area contributed by atoms with Crippen LogP contribution in [0.2, 0.25) is 0 Å². The van der Waals surface area contributed by atoms with E-state index in [1.54, 1.807) is 0 Å². The Hall–Kier alpha value is -1.88. The highest BCUT2D eigenvalue weighted by molar-refractivity contribution is 5.76. The third-order valence-electron chi connectivity index (χ3n) is 3.42. The van der Waals surface area contributed by atoms with Crippen LogP contribution in [0.1, 0.15) is 30.9 Å². The molecule has 0 atom stereocenters. The lowest BCUT2D eigenvalue weighted by Crippen LogP contribution is -2.17. The maximum atomic E-state index is 10.4. The van der Waals surface area contributed by atoms with Crippen molar-refractivity contribution in [2.24, 2.45) is 0 Å². The molecular formula is C14H17N3O2. The molecular weight excluding hydrogens is 242 g/mol. The van der Waals surface area contributed by atoms with E-state index in [2.05, 4.69) is 33.1 Å². The third kappa shape index (κ3) is 2.76. The topological polar surface area (TPSA) is 67.2 Å². The third-order valence-corrected chi connectivity index (χ3v) is 3.42. The van der Waals surface area contributed by atoms with E-state index in [4.69, 9.17) is 5.11 Å². The summed E-state index contributed by atoms with van der Waals surface area (Å²) in [5, 5.41) is 11.7. The molecule has 5 heteroatoms. The fourth-order valence-electron chi connectivity index (χ4n) is 2.26. The summed E-state index contributed by atoms with van der Waals surface area (Å²) in [7, 11) is 0. The van der Waals surface area contributed by atoms with Gasteiger partial charge < -0.3 is 15.0 Å². The molecule has 0 radical (unpaired) electrons. The Morgan fingerprint density at radius 3 is 3.05 bits per heavy atom. The van der Waals surface area contributed by atoms with Crippen molar-refractivity contribution in [2.45, 2.75) is 31.8 Å². The summed E-state index contributed by atoms with van der Waals surface area (Å²) in [6.45, 7) is 1.17. The van der Waals surface area contributed by atoms with Crippen molar-refractivity contribution < 1.29 is 9.90 Å². The number of aromatic nitrogens is 2. The lowest BCUT2D eigenvalue weighted by atomic mass is 10.2. The van der Waals surface area contributed by atoms with Gasteiger partial charge in [0.1, 0.15) is 0 Å². The molecule has 2 N–H and O–H groups in total. The highest BCUT2D eigenvalue weighted by Gasteiger charge is 2.24. The molecule has 1 aromatic heterocycles. The van der Waals surface area contributed by atoms with E-state index in [-0.39, 0.29) is 6.42 Å². The molecule has 1 heterocycles. The van der Waals surface area contributed by atoms with Gasteiger partial charge in [-0.15, -0.1) is 0 Å². The summed E-state index contributed by atoms with van der Waals surface area (Å²) < 4.78 is 2.25. The number of hydrogen-bond donors (Lipinski definition) is 2. The molecule has 0 spiro atoms. The fraction of sp³-hybridized carbons (Fsp3) is 0.429. The zero-order valence-corrected chi connectivity index (χ0v) is 10.7. The van der Waals surface area contributed by atoms with E-state index < -0.39 is 5.97 Å². The number of aliphatic carboxylic acids is 1. The van der Waals surface area contributed by atoms with E-state index >= 15 is 0 Å². The molecule has 0 amide bonds. The van der Waals surface area contributed by atoms with Crippen LogP contribution in [0.5, 0.6) is 0 Å². The van der Waals surface area contributed by atoms with Gasteiger partial charge in [0, 0.05) is 19.1 Å². The van der Waals surface area contributed by atoms with Crippen LogP contribution in [0.25, 0.3) is 11.0 Å². The fourth-order valence-corrected chi connectivity index (χ4v) is 2.26. The lowest BCUT2D eigenvalue weighted by molar-refractivity contribution is -0.136. The highest BCUT2D eigenvalue weighted by atomic mass is 16.4. The van der Waals surface area contributed by atoms with Crippen molar-refractivity contribution in [1.29, 1.82) is 0 Å². The van der Waals surface area contributed by atoms with Crippen LogP contribution in [-0.4, -0.2) is 27.2 Å². The number of fused-ring (bicyclic) bond motifs is 1. The minimum atomic E-state index is -0.772. The van der Waals surface area contributed by atoms with Gasteiger partial charge in [-0.05, 0) is 30.5 Å². The highest BCUT2D eigenvalue weighted by Crippen LogP contribution is 2.37. The Kier molecular flexibility index (Phi) is 3.21. The van der Waals surface area contributed by atoms with E-state index in [1.807, 2.05) is 6.33 Å². The molecule has 0 aliphatic heterocycles. The number of carboxylic acids is 1. The number of carboxylic acid groups (broad SMARTS) is 1. The van der Waals surface area contributed by atoms with E-state index in [0.29, 0.717) is 19.1 Å². The first-order chi connectivity index (χ1) is 9.24. The molecule has 1 aliphatic rings. The van der Waals surface area contributed by atoms with Crippen LogP contribution >= 0.6 is 0 Å². The predicted octanol–water partition coefficient (Wildman–Crippen LogP) is 1.94. The summed E-state index contributed by atoms with van der Waals surface area (Å²) in [5.74, 6) is -0.772. The second-order valence-electron chi connectivity index (χ2n) is 5.03. The molecule has 100 valence electrons. The number of imidazole rings is 1. The van der Waals surface area contributed by atoms with Crippen molar-refractivity contribution in [2.75, 3.05) is 6.54 Å². The number of nitrogens with zero attached hydrogens (tertiary/aromatic N) is 2. The van der Waals surface area contributed by atoms with Gasteiger partial charge >= 0.3 is 5.97 Å². The molecule has 3 rings (SSSR count). The molecule has 5 nitrogen and oxygen atoms in total. The Morgan fingerprint density at radius 1 is 1.47 bits per heavy atom. The van der Waals surface area contributed by atoms with Crippen LogP contribution in [0.15, 0.2) is 24.5 Å². The minimum absolute atomic E-state index is 0.151. The number of benzene rings is 1. The largest absolute Gasteiger partial charge is 0.481 e. The standard InChI is InChI=1S/C14H17N3O2/c18-14(19)5-6-15-8-10-1-4-13-12(7-10)16-9-17(13)11-2-3-11/h1,4,7,9,11,15H,2-3,5-6,8H2,(H,18,19). The molecule has 0 saturated heterocycles. The van der Waals surface area contributed by atoms with Crippen molar-refractivity contribution in [3.05, 3.63) is 30.1 Å². The van der Waals surface area contributed by atoms with Gasteiger partial charge in [-0.25, -0.2) is 4.98 Å². The first kappa shape index (κ1) is 12.2. The number of hydrogen-bond acceptors (Lipinski definition) is 3. The average molecular weight is 259 g/mol. The van der Waals surface area contributed by atoms with Gasteiger partial charge in [0.15, 0.2) is 0 Å². The van der Waals surface area contributed by atoms with E-state index in [9.17, 15) is 4.79 Å². The zero-order valence-electron chi connectivity index (χ0n) is 10.7. The Balaban J connectivity index is 1.66. The SMILES string of the molecule is O=C(O)CCNCc1ccc2c(c1)ncn2C1CC1. The van der Waals surface area contributed by atoms with Gasteiger partial charge in [0.2, 0.25) is 0 Å². The van der Waals surface area contributed by atoms with Gasteiger partial charge in [-0.1, -0.05) is 6.07 Å². The second-order valence-corrected chi connectivity index (χ2v) is 5.03. The van der Waals surface area contributed by atoms with Gasteiger partial charge in [0.05, 0.1) is 23.8 Å². The van der Waals surface area contributed by atoms with Crippen LogP contribution in [0.4, 0.5) is 0 Å². The second kappa shape index (κ2) is 5.01. The zero-order chi connectivity index (χ0) is 13.2. The van der Waals surface area contributed by atoms with Crippen LogP contribution < -0.4 is 5.32 Å². The Morgan fingerprint density at radius 2 is 2.32 bits per heavy atom. The summed E-state index contributed by atoms with van der Waals surface area (Å²) in [4.78, 5) is 14.8. The summed E-state index contributed by atoms with van der Waals surface area (Å²) in [6, 6.07) is 6.90. The molecule has 0 bridgehead atoms. The minimum Gasteiger partial charge on any atom is -0.481 e.